The number of hydrogen-bond donors (Lipinski definition) is 2. The van der Waals surface area contributed by atoms with E-state index in [0.717, 1.165) is 59.5 Å². The lowest BCUT2D eigenvalue weighted by Gasteiger charge is -2.38. The molecule has 0 unspecified atom stereocenters. The number of benzene rings is 2. The van der Waals surface area contributed by atoms with Crippen LogP contribution in [0.5, 0.6) is 11.5 Å². The van der Waals surface area contributed by atoms with Crippen molar-refractivity contribution in [2.45, 2.75) is 59.1 Å². The Balaban J connectivity index is 1.49. The Morgan fingerprint density at radius 2 is 1.97 bits per heavy atom. The molecule has 2 aliphatic rings. The fraction of sp³-hybridized carbons (Fsp3) is 0.400. The first-order valence-electron chi connectivity index (χ1n) is 10.8. The number of para-hydroxylation sites is 1. The van der Waals surface area contributed by atoms with E-state index in [1.807, 2.05) is 27.0 Å². The van der Waals surface area contributed by atoms with Crippen LogP contribution in [-0.2, 0) is 19.4 Å². The van der Waals surface area contributed by atoms with Crippen molar-refractivity contribution in [1.29, 1.82) is 0 Å². The van der Waals surface area contributed by atoms with Crippen molar-refractivity contribution in [1.82, 2.24) is 9.78 Å². The minimum absolute atomic E-state index is 0.361. The van der Waals surface area contributed by atoms with E-state index in [9.17, 15) is 5.11 Å². The molecule has 2 aromatic carbocycles. The van der Waals surface area contributed by atoms with Gasteiger partial charge in [-0.3, -0.25) is 4.68 Å². The van der Waals surface area contributed by atoms with Crippen molar-refractivity contribution in [2.24, 2.45) is 0 Å². The summed E-state index contributed by atoms with van der Waals surface area (Å²) in [5.41, 5.74) is 8.58. The first-order chi connectivity index (χ1) is 14.4. The molecule has 30 heavy (non-hydrogen) atoms. The Bertz CT molecular complexity index is 1150. The average Bonchev–Trinajstić information content (AvgIpc) is 3.39. The second kappa shape index (κ2) is 6.79. The summed E-state index contributed by atoms with van der Waals surface area (Å²) in [7, 11) is 0. The summed E-state index contributed by atoms with van der Waals surface area (Å²) in [4.78, 5) is 0. The van der Waals surface area contributed by atoms with E-state index in [4.69, 9.17) is 4.74 Å². The third-order valence-electron chi connectivity index (χ3n) is 6.92. The molecular formula is C25H29N3O2. The zero-order valence-corrected chi connectivity index (χ0v) is 18.2. The maximum atomic E-state index is 10.4. The molecule has 2 N–H and O–H groups in total. The minimum Gasteiger partial charge on any atom is -0.507 e. The van der Waals surface area contributed by atoms with E-state index in [2.05, 4.69) is 46.3 Å². The lowest BCUT2D eigenvalue weighted by atomic mass is 9.87. The van der Waals surface area contributed by atoms with Crippen LogP contribution in [-0.4, -0.2) is 27.0 Å². The molecule has 156 valence electrons. The monoisotopic (exact) mass is 403 g/mol. The molecule has 0 spiro atoms. The van der Waals surface area contributed by atoms with Gasteiger partial charge in [0.05, 0.1) is 12.2 Å². The molecule has 0 saturated heterocycles. The van der Waals surface area contributed by atoms with Crippen molar-refractivity contribution in [3.8, 4) is 22.8 Å². The van der Waals surface area contributed by atoms with Crippen LogP contribution in [0.25, 0.3) is 11.3 Å². The van der Waals surface area contributed by atoms with E-state index < -0.39 is 0 Å². The van der Waals surface area contributed by atoms with Crippen LogP contribution >= 0.6 is 0 Å². The first kappa shape index (κ1) is 19.0. The molecule has 0 amide bonds. The van der Waals surface area contributed by atoms with Crippen LogP contribution in [0.2, 0.25) is 0 Å². The van der Waals surface area contributed by atoms with Crippen LogP contribution in [0.1, 0.15) is 41.2 Å². The predicted molar refractivity (Wildman–Crippen MR) is 120 cm³/mol. The zero-order valence-electron chi connectivity index (χ0n) is 18.2. The molecule has 0 fully saturated rings. The van der Waals surface area contributed by atoms with Crippen LogP contribution in [0, 0.1) is 20.8 Å². The maximum absolute atomic E-state index is 10.4. The van der Waals surface area contributed by atoms with Crippen molar-refractivity contribution in [3.63, 3.8) is 0 Å². The van der Waals surface area contributed by atoms with Crippen LogP contribution in [0.4, 0.5) is 5.69 Å². The van der Waals surface area contributed by atoms with Crippen LogP contribution in [0.15, 0.2) is 30.5 Å². The normalized spacial score (nSPS) is 19.7. The number of ether oxygens (including phenoxy) is 1. The van der Waals surface area contributed by atoms with Gasteiger partial charge in [-0.2, -0.15) is 5.10 Å². The number of rotatable bonds is 3. The van der Waals surface area contributed by atoms with Crippen LogP contribution < -0.4 is 10.1 Å². The van der Waals surface area contributed by atoms with Gasteiger partial charge in [-0.25, -0.2) is 0 Å². The van der Waals surface area contributed by atoms with Gasteiger partial charge in [-0.05, 0) is 75.3 Å². The molecule has 5 rings (SSSR count). The topological polar surface area (TPSA) is 59.3 Å². The number of phenolic OH excluding ortho intramolecular Hbond substituents is 1. The number of nitrogens with one attached hydrogen (secondary N) is 1. The Morgan fingerprint density at radius 3 is 2.80 bits per heavy atom. The highest BCUT2D eigenvalue weighted by molar-refractivity contribution is 5.80. The summed E-state index contributed by atoms with van der Waals surface area (Å²) in [6.45, 7) is 9.83. The summed E-state index contributed by atoms with van der Waals surface area (Å²) in [5.74, 6) is 1.34. The van der Waals surface area contributed by atoms with Gasteiger partial charge in [0.15, 0.2) is 0 Å². The van der Waals surface area contributed by atoms with Crippen molar-refractivity contribution >= 4 is 5.69 Å². The lowest BCUT2D eigenvalue weighted by molar-refractivity contribution is 0.0432. The standard InChI is InChI=1S/C25H29N3O2/c1-15-16(2)24-19(17(3)23(15)29)8-11-25(4,30-24)14-28-21(10-13-27-28)20-7-5-6-18-9-12-26-22(18)20/h5-7,10,13,26,29H,8-9,11-12,14H2,1-4H3/t25-/m1/s1. The predicted octanol–water partition coefficient (Wildman–Crippen LogP) is 4.93. The maximum Gasteiger partial charge on any atom is 0.127 e. The Labute approximate surface area is 177 Å². The highest BCUT2D eigenvalue weighted by atomic mass is 16.5. The van der Waals surface area contributed by atoms with Gasteiger partial charge in [-0.15, -0.1) is 0 Å². The molecule has 2 aliphatic heterocycles. The molecule has 1 aromatic heterocycles. The van der Waals surface area contributed by atoms with E-state index in [1.54, 1.807) is 0 Å². The molecule has 3 aromatic rings. The molecule has 0 saturated carbocycles. The summed E-state index contributed by atoms with van der Waals surface area (Å²) in [6, 6.07) is 8.59. The number of hydrogen-bond acceptors (Lipinski definition) is 4. The molecule has 3 heterocycles. The Kier molecular flexibility index (Phi) is 4.31. The summed E-state index contributed by atoms with van der Waals surface area (Å²) in [6.07, 6.45) is 4.72. The minimum atomic E-state index is -0.361. The van der Waals surface area contributed by atoms with Crippen LogP contribution in [0.3, 0.4) is 0 Å². The first-order valence-corrected chi connectivity index (χ1v) is 10.8. The lowest BCUT2D eigenvalue weighted by Crippen LogP contribution is -2.41. The number of fused-ring (bicyclic) bond motifs is 2. The highest BCUT2D eigenvalue weighted by Crippen LogP contribution is 2.44. The van der Waals surface area contributed by atoms with Gasteiger partial charge >= 0.3 is 0 Å². The van der Waals surface area contributed by atoms with E-state index in [1.165, 1.54) is 16.8 Å². The quantitative estimate of drug-likeness (QED) is 0.651. The Morgan fingerprint density at radius 1 is 1.13 bits per heavy atom. The van der Waals surface area contributed by atoms with Crippen molar-refractivity contribution < 1.29 is 9.84 Å². The molecule has 0 bridgehead atoms. The smallest absolute Gasteiger partial charge is 0.127 e. The molecule has 5 heteroatoms. The van der Waals surface area contributed by atoms with Gasteiger partial charge in [0.1, 0.15) is 17.1 Å². The molecular weight excluding hydrogens is 374 g/mol. The Hall–Kier alpha value is -2.95. The molecule has 0 aliphatic carbocycles. The van der Waals surface area contributed by atoms with Gasteiger partial charge in [0.25, 0.3) is 0 Å². The fourth-order valence-electron chi connectivity index (χ4n) is 4.96. The van der Waals surface area contributed by atoms with Gasteiger partial charge in [0.2, 0.25) is 0 Å². The second-order valence-electron chi connectivity index (χ2n) is 8.97. The average molecular weight is 404 g/mol. The van der Waals surface area contributed by atoms with Gasteiger partial charge in [-0.1, -0.05) is 18.2 Å². The third kappa shape index (κ3) is 2.87. The van der Waals surface area contributed by atoms with Crippen molar-refractivity contribution in [2.75, 3.05) is 11.9 Å². The molecule has 5 nitrogen and oxygen atoms in total. The third-order valence-corrected chi connectivity index (χ3v) is 6.92. The number of aromatic nitrogens is 2. The number of nitrogens with zero attached hydrogens (tertiary/aromatic N) is 2. The summed E-state index contributed by atoms with van der Waals surface area (Å²) < 4.78 is 8.72. The SMILES string of the molecule is Cc1c(C)c2c(c(C)c1O)CC[C@](C)(Cn1nccc1-c1cccc3c1NCC3)O2. The van der Waals surface area contributed by atoms with E-state index in [0.29, 0.717) is 12.3 Å². The highest BCUT2D eigenvalue weighted by Gasteiger charge is 2.36. The molecule has 1 atom stereocenters. The van der Waals surface area contributed by atoms with E-state index in [-0.39, 0.29) is 5.60 Å². The molecule has 0 radical (unpaired) electrons. The summed E-state index contributed by atoms with van der Waals surface area (Å²) in [5, 5.41) is 18.6. The summed E-state index contributed by atoms with van der Waals surface area (Å²) >= 11 is 0. The van der Waals surface area contributed by atoms with E-state index >= 15 is 0 Å². The van der Waals surface area contributed by atoms with Gasteiger partial charge in [0, 0.05) is 29.6 Å². The van der Waals surface area contributed by atoms with Crippen molar-refractivity contribution in [3.05, 3.63) is 58.3 Å². The number of aromatic hydroxyl groups is 1. The fourth-order valence-corrected chi connectivity index (χ4v) is 4.96. The second-order valence-corrected chi connectivity index (χ2v) is 8.97. The number of phenols is 1. The van der Waals surface area contributed by atoms with Gasteiger partial charge < -0.3 is 15.2 Å². The largest absolute Gasteiger partial charge is 0.507 e. The zero-order chi connectivity index (χ0) is 21.0. The number of anilines is 1.